The summed E-state index contributed by atoms with van der Waals surface area (Å²) in [5.41, 5.74) is 3.99. The van der Waals surface area contributed by atoms with Crippen molar-refractivity contribution in [2.24, 2.45) is 5.92 Å². The molecule has 3 heterocycles. The van der Waals surface area contributed by atoms with Crippen molar-refractivity contribution < 1.29 is 9.21 Å². The molecule has 2 aromatic carbocycles. The molecule has 3 aromatic rings. The van der Waals surface area contributed by atoms with Crippen LogP contribution in [-0.2, 0) is 24.3 Å². The maximum atomic E-state index is 12.8. The van der Waals surface area contributed by atoms with Gasteiger partial charge in [0.1, 0.15) is 6.54 Å². The van der Waals surface area contributed by atoms with Crippen molar-refractivity contribution in [3.05, 3.63) is 70.2 Å². The molecule has 0 N–H and O–H groups in total. The Morgan fingerprint density at radius 1 is 0.879 bits per heavy atom. The van der Waals surface area contributed by atoms with Gasteiger partial charge in [0.25, 0.3) is 0 Å². The van der Waals surface area contributed by atoms with Gasteiger partial charge in [0.05, 0.1) is 5.52 Å². The average molecular weight is 448 g/mol. The van der Waals surface area contributed by atoms with E-state index < -0.39 is 5.76 Å². The van der Waals surface area contributed by atoms with Gasteiger partial charge < -0.3 is 9.32 Å². The van der Waals surface area contributed by atoms with Crippen molar-refractivity contribution in [2.75, 3.05) is 26.2 Å². The number of hydrogen-bond acceptors (Lipinski definition) is 4. The number of nitrogens with zero attached hydrogens (tertiary/aromatic N) is 3. The SMILES string of the molecule is O=C(Cn1c(=O)oc2ccccc21)N1CCC(Cc2ccc(CN3CCCCC3)cc2)CC1. The molecule has 0 unspecified atom stereocenters. The number of rotatable bonds is 6. The third-order valence-corrected chi connectivity index (χ3v) is 7.24. The lowest BCUT2D eigenvalue weighted by molar-refractivity contribution is -0.133. The van der Waals surface area contributed by atoms with E-state index in [4.69, 9.17) is 4.42 Å². The van der Waals surface area contributed by atoms with E-state index in [1.165, 1.54) is 48.0 Å². The molecule has 2 fully saturated rings. The second kappa shape index (κ2) is 9.96. The van der Waals surface area contributed by atoms with Crippen molar-refractivity contribution in [2.45, 2.75) is 51.6 Å². The first kappa shape index (κ1) is 22.0. The Morgan fingerprint density at radius 2 is 1.58 bits per heavy atom. The summed E-state index contributed by atoms with van der Waals surface area (Å²) in [7, 11) is 0. The molecule has 1 amide bonds. The van der Waals surface area contributed by atoms with Crippen LogP contribution < -0.4 is 5.76 Å². The van der Waals surface area contributed by atoms with Crippen molar-refractivity contribution in [1.29, 1.82) is 0 Å². The van der Waals surface area contributed by atoms with E-state index in [1.54, 1.807) is 6.07 Å². The van der Waals surface area contributed by atoms with Crippen LogP contribution in [0.2, 0.25) is 0 Å². The van der Waals surface area contributed by atoms with E-state index in [0.717, 1.165) is 38.9 Å². The number of hydrogen-bond donors (Lipinski definition) is 0. The lowest BCUT2D eigenvalue weighted by Gasteiger charge is -2.32. The van der Waals surface area contributed by atoms with Gasteiger partial charge >= 0.3 is 5.76 Å². The number of fused-ring (bicyclic) bond motifs is 1. The standard InChI is InChI=1S/C27H33N3O3/c31-26(20-30-24-6-2-3-7-25(24)33-27(30)32)29-16-12-22(13-17-29)18-21-8-10-23(11-9-21)19-28-14-4-1-5-15-28/h2-3,6-11,22H,1,4-5,12-20H2. The van der Waals surface area contributed by atoms with Crippen LogP contribution >= 0.6 is 0 Å². The van der Waals surface area contributed by atoms with E-state index in [1.807, 2.05) is 23.1 Å². The molecular formula is C27H33N3O3. The highest BCUT2D eigenvalue weighted by Crippen LogP contribution is 2.23. The van der Waals surface area contributed by atoms with Crippen LogP contribution in [0.3, 0.4) is 0 Å². The third-order valence-electron chi connectivity index (χ3n) is 7.24. The summed E-state index contributed by atoms with van der Waals surface area (Å²) in [5, 5.41) is 0. The summed E-state index contributed by atoms with van der Waals surface area (Å²) in [6.07, 6.45) is 7.10. The third kappa shape index (κ3) is 5.22. The second-order valence-corrected chi connectivity index (χ2v) is 9.60. The van der Waals surface area contributed by atoms with E-state index in [-0.39, 0.29) is 12.5 Å². The highest BCUT2D eigenvalue weighted by Gasteiger charge is 2.24. The van der Waals surface area contributed by atoms with E-state index >= 15 is 0 Å². The monoisotopic (exact) mass is 447 g/mol. The number of piperidine rings is 2. The molecule has 33 heavy (non-hydrogen) atoms. The summed E-state index contributed by atoms with van der Waals surface area (Å²) < 4.78 is 6.70. The number of amides is 1. The first-order valence-electron chi connectivity index (χ1n) is 12.3. The van der Waals surface area contributed by atoms with Gasteiger partial charge in [-0.1, -0.05) is 42.8 Å². The summed E-state index contributed by atoms with van der Waals surface area (Å²) in [6.45, 7) is 5.06. The highest BCUT2D eigenvalue weighted by atomic mass is 16.4. The van der Waals surface area contributed by atoms with Crippen molar-refractivity contribution in [3.63, 3.8) is 0 Å². The number of carbonyl (C=O) groups is 1. The minimum absolute atomic E-state index is 0.0100. The predicted molar refractivity (Wildman–Crippen MR) is 129 cm³/mol. The Morgan fingerprint density at radius 3 is 2.33 bits per heavy atom. The Balaban J connectivity index is 1.11. The molecule has 0 atom stereocenters. The van der Waals surface area contributed by atoms with Crippen LogP contribution in [0.5, 0.6) is 0 Å². The first-order valence-corrected chi connectivity index (χ1v) is 12.3. The average Bonchev–Trinajstić information content (AvgIpc) is 3.16. The predicted octanol–water partition coefficient (Wildman–Crippen LogP) is 4.06. The topological polar surface area (TPSA) is 58.7 Å². The second-order valence-electron chi connectivity index (χ2n) is 9.60. The fraction of sp³-hybridized carbons (Fsp3) is 0.481. The van der Waals surface area contributed by atoms with Crippen LogP contribution in [0.1, 0.15) is 43.2 Å². The van der Waals surface area contributed by atoms with Gasteiger partial charge in [-0.3, -0.25) is 14.3 Å². The Bertz CT molecular complexity index is 1130. The van der Waals surface area contributed by atoms with Crippen LogP contribution in [0.25, 0.3) is 11.1 Å². The smallest absolute Gasteiger partial charge is 0.408 e. The minimum atomic E-state index is -0.469. The fourth-order valence-corrected chi connectivity index (χ4v) is 5.28. The molecule has 0 saturated carbocycles. The van der Waals surface area contributed by atoms with Gasteiger partial charge in [-0.2, -0.15) is 0 Å². The maximum absolute atomic E-state index is 12.8. The molecule has 1 aromatic heterocycles. The zero-order chi connectivity index (χ0) is 22.6. The normalized spacial score (nSPS) is 18.1. The fourth-order valence-electron chi connectivity index (χ4n) is 5.28. The lowest BCUT2D eigenvalue weighted by atomic mass is 9.90. The Hall–Kier alpha value is -2.86. The van der Waals surface area contributed by atoms with Gasteiger partial charge in [0.15, 0.2) is 5.58 Å². The Kier molecular flexibility index (Phi) is 6.63. The van der Waals surface area contributed by atoms with Crippen molar-refractivity contribution in [1.82, 2.24) is 14.4 Å². The molecule has 2 aliphatic rings. The molecule has 0 bridgehead atoms. The first-order chi connectivity index (χ1) is 16.2. The van der Waals surface area contributed by atoms with Gasteiger partial charge in [0.2, 0.25) is 5.91 Å². The maximum Gasteiger partial charge on any atom is 0.420 e. The van der Waals surface area contributed by atoms with Crippen LogP contribution in [0.15, 0.2) is 57.7 Å². The number of likely N-dealkylation sites (tertiary alicyclic amines) is 2. The van der Waals surface area contributed by atoms with Crippen molar-refractivity contribution in [3.8, 4) is 0 Å². The van der Waals surface area contributed by atoms with Crippen LogP contribution in [-0.4, -0.2) is 46.5 Å². The number of oxazole rings is 1. The Labute approximate surface area is 194 Å². The molecule has 2 aliphatic heterocycles. The summed E-state index contributed by atoms with van der Waals surface area (Å²) in [4.78, 5) is 29.5. The van der Waals surface area contributed by atoms with Gasteiger partial charge in [0, 0.05) is 19.6 Å². The quantitative estimate of drug-likeness (QED) is 0.572. The van der Waals surface area contributed by atoms with Gasteiger partial charge in [-0.25, -0.2) is 4.79 Å². The largest absolute Gasteiger partial charge is 0.420 e. The molecule has 0 aliphatic carbocycles. The number of aromatic nitrogens is 1. The lowest BCUT2D eigenvalue weighted by Crippen LogP contribution is -2.41. The molecule has 0 spiro atoms. The molecule has 2 saturated heterocycles. The van der Waals surface area contributed by atoms with E-state index in [9.17, 15) is 9.59 Å². The summed E-state index contributed by atoms with van der Waals surface area (Å²) in [5.74, 6) is 0.117. The van der Waals surface area contributed by atoms with Crippen LogP contribution in [0.4, 0.5) is 0 Å². The number of para-hydroxylation sites is 2. The van der Waals surface area contributed by atoms with Crippen LogP contribution in [0, 0.1) is 5.92 Å². The zero-order valence-electron chi connectivity index (χ0n) is 19.2. The van der Waals surface area contributed by atoms with Gasteiger partial charge in [-0.05, 0) is 74.4 Å². The van der Waals surface area contributed by atoms with Crippen molar-refractivity contribution >= 4 is 17.0 Å². The minimum Gasteiger partial charge on any atom is -0.408 e. The zero-order valence-corrected chi connectivity index (χ0v) is 19.2. The molecule has 0 radical (unpaired) electrons. The molecule has 5 rings (SSSR count). The summed E-state index contributed by atoms with van der Waals surface area (Å²) in [6, 6.07) is 16.4. The molecule has 6 heteroatoms. The van der Waals surface area contributed by atoms with Gasteiger partial charge in [-0.15, -0.1) is 0 Å². The van der Waals surface area contributed by atoms with E-state index in [2.05, 4.69) is 29.2 Å². The summed E-state index contributed by atoms with van der Waals surface area (Å²) >= 11 is 0. The van der Waals surface area contributed by atoms with E-state index in [0.29, 0.717) is 17.0 Å². The highest BCUT2D eigenvalue weighted by molar-refractivity contribution is 5.79. The molecule has 174 valence electrons. The number of benzene rings is 2. The molecular weight excluding hydrogens is 414 g/mol. The number of carbonyl (C=O) groups excluding carboxylic acids is 1. The molecule has 6 nitrogen and oxygen atoms in total.